The second-order valence-corrected chi connectivity index (χ2v) is 5.33. The SMILES string of the molecule is CCNc1ncccc1-c1nnsc1-c1cccnc1Cl. The van der Waals surface area contributed by atoms with E-state index >= 15 is 0 Å². The Bertz CT molecular complexity index is 758. The average molecular weight is 318 g/mol. The topological polar surface area (TPSA) is 63.6 Å². The molecule has 0 bridgehead atoms. The zero-order valence-electron chi connectivity index (χ0n) is 11.2. The highest BCUT2D eigenvalue weighted by atomic mass is 35.5. The number of pyridine rings is 2. The Kier molecular flexibility index (Phi) is 4.08. The molecule has 3 aromatic heterocycles. The fourth-order valence-corrected chi connectivity index (χ4v) is 2.98. The minimum absolute atomic E-state index is 0.443. The summed E-state index contributed by atoms with van der Waals surface area (Å²) in [6, 6.07) is 7.61. The Morgan fingerprint density at radius 2 is 1.90 bits per heavy atom. The number of hydrogen-bond donors (Lipinski definition) is 1. The standard InChI is InChI=1S/C14H12ClN5S/c1-2-16-14-9(5-3-8-18-14)11-12(21-20-19-11)10-6-4-7-17-13(10)15/h3-8H,2H2,1H3,(H,16,18). The van der Waals surface area contributed by atoms with Crippen molar-refractivity contribution in [3.63, 3.8) is 0 Å². The second kappa shape index (κ2) is 6.15. The van der Waals surface area contributed by atoms with E-state index in [-0.39, 0.29) is 0 Å². The molecule has 0 saturated heterocycles. The molecule has 0 fully saturated rings. The molecule has 3 rings (SSSR count). The van der Waals surface area contributed by atoms with Crippen LogP contribution in [0.3, 0.4) is 0 Å². The fourth-order valence-electron chi connectivity index (χ4n) is 2.00. The van der Waals surface area contributed by atoms with Crippen LogP contribution in [-0.2, 0) is 0 Å². The Morgan fingerprint density at radius 3 is 2.67 bits per heavy atom. The van der Waals surface area contributed by atoms with Gasteiger partial charge in [0.2, 0.25) is 0 Å². The summed E-state index contributed by atoms with van der Waals surface area (Å²) in [6.07, 6.45) is 3.41. The molecule has 0 aliphatic rings. The maximum Gasteiger partial charge on any atom is 0.137 e. The van der Waals surface area contributed by atoms with Crippen LogP contribution in [-0.4, -0.2) is 26.1 Å². The van der Waals surface area contributed by atoms with Gasteiger partial charge in [0, 0.05) is 30.1 Å². The van der Waals surface area contributed by atoms with Crippen LogP contribution < -0.4 is 5.32 Å². The summed E-state index contributed by atoms with van der Waals surface area (Å²) in [5.41, 5.74) is 2.50. The van der Waals surface area contributed by atoms with E-state index in [1.54, 1.807) is 12.4 Å². The molecule has 0 unspecified atom stereocenters. The van der Waals surface area contributed by atoms with Gasteiger partial charge in [-0.1, -0.05) is 16.1 Å². The molecule has 1 N–H and O–H groups in total. The van der Waals surface area contributed by atoms with Gasteiger partial charge in [-0.05, 0) is 42.7 Å². The minimum atomic E-state index is 0.443. The third-order valence-corrected chi connectivity index (χ3v) is 3.96. The molecule has 5 nitrogen and oxygen atoms in total. The number of aromatic nitrogens is 4. The van der Waals surface area contributed by atoms with Crippen molar-refractivity contribution >= 4 is 29.0 Å². The molecule has 0 spiro atoms. The van der Waals surface area contributed by atoms with Crippen molar-refractivity contribution in [3.05, 3.63) is 41.8 Å². The molecule has 0 amide bonds. The van der Waals surface area contributed by atoms with Gasteiger partial charge >= 0.3 is 0 Å². The van der Waals surface area contributed by atoms with E-state index in [9.17, 15) is 0 Å². The van der Waals surface area contributed by atoms with Crippen LogP contribution in [0, 0.1) is 0 Å². The average Bonchev–Trinajstić information content (AvgIpc) is 2.98. The highest BCUT2D eigenvalue weighted by Crippen LogP contribution is 2.38. The van der Waals surface area contributed by atoms with Crippen molar-refractivity contribution in [1.29, 1.82) is 0 Å². The van der Waals surface area contributed by atoms with Crippen LogP contribution in [0.4, 0.5) is 5.82 Å². The van der Waals surface area contributed by atoms with Crippen LogP contribution in [0.5, 0.6) is 0 Å². The van der Waals surface area contributed by atoms with Crippen LogP contribution in [0.15, 0.2) is 36.7 Å². The predicted octanol–water partition coefficient (Wildman–Crippen LogP) is 3.75. The summed E-state index contributed by atoms with van der Waals surface area (Å²) in [5, 5.41) is 7.93. The lowest BCUT2D eigenvalue weighted by Crippen LogP contribution is -2.01. The van der Waals surface area contributed by atoms with Crippen molar-refractivity contribution in [3.8, 4) is 21.7 Å². The molecular weight excluding hydrogens is 306 g/mol. The Hall–Kier alpha value is -2.05. The van der Waals surface area contributed by atoms with Crippen molar-refractivity contribution in [2.75, 3.05) is 11.9 Å². The van der Waals surface area contributed by atoms with Gasteiger partial charge in [-0.15, -0.1) is 5.10 Å². The molecule has 7 heteroatoms. The third-order valence-electron chi connectivity index (χ3n) is 2.90. The molecule has 0 radical (unpaired) electrons. The molecule has 0 atom stereocenters. The van der Waals surface area contributed by atoms with E-state index in [2.05, 4.69) is 24.9 Å². The lowest BCUT2D eigenvalue weighted by molar-refractivity contribution is 1.13. The van der Waals surface area contributed by atoms with E-state index in [1.165, 1.54) is 11.5 Å². The quantitative estimate of drug-likeness (QED) is 0.742. The summed E-state index contributed by atoms with van der Waals surface area (Å²) in [6.45, 7) is 2.81. The maximum atomic E-state index is 6.18. The number of rotatable bonds is 4. The zero-order valence-corrected chi connectivity index (χ0v) is 12.8. The number of anilines is 1. The molecule has 3 heterocycles. The smallest absolute Gasteiger partial charge is 0.137 e. The van der Waals surface area contributed by atoms with E-state index in [0.717, 1.165) is 34.1 Å². The van der Waals surface area contributed by atoms with Gasteiger partial charge in [0.05, 0.1) is 4.88 Å². The molecule has 0 aliphatic carbocycles. The first-order chi connectivity index (χ1) is 10.3. The largest absolute Gasteiger partial charge is 0.370 e. The molecule has 21 heavy (non-hydrogen) atoms. The number of hydrogen-bond acceptors (Lipinski definition) is 6. The first-order valence-electron chi connectivity index (χ1n) is 6.43. The molecule has 0 saturated carbocycles. The van der Waals surface area contributed by atoms with Crippen molar-refractivity contribution in [2.45, 2.75) is 6.92 Å². The predicted molar refractivity (Wildman–Crippen MR) is 85.5 cm³/mol. The monoisotopic (exact) mass is 317 g/mol. The summed E-state index contributed by atoms with van der Waals surface area (Å²) < 4.78 is 4.07. The first-order valence-corrected chi connectivity index (χ1v) is 7.59. The lowest BCUT2D eigenvalue weighted by atomic mass is 10.1. The zero-order chi connectivity index (χ0) is 14.7. The lowest BCUT2D eigenvalue weighted by Gasteiger charge is -2.08. The summed E-state index contributed by atoms with van der Waals surface area (Å²) in [5.74, 6) is 0.786. The summed E-state index contributed by atoms with van der Waals surface area (Å²) in [7, 11) is 0. The fraction of sp³-hybridized carbons (Fsp3) is 0.143. The number of nitrogens with zero attached hydrogens (tertiary/aromatic N) is 4. The molecule has 106 valence electrons. The van der Waals surface area contributed by atoms with Crippen molar-refractivity contribution < 1.29 is 0 Å². The van der Waals surface area contributed by atoms with Gasteiger partial charge in [0.1, 0.15) is 16.7 Å². The maximum absolute atomic E-state index is 6.18. The van der Waals surface area contributed by atoms with E-state index < -0.39 is 0 Å². The molecule has 0 aliphatic heterocycles. The van der Waals surface area contributed by atoms with Crippen molar-refractivity contribution in [1.82, 2.24) is 19.6 Å². The number of nitrogens with one attached hydrogen (secondary N) is 1. The van der Waals surface area contributed by atoms with Gasteiger partial charge in [-0.25, -0.2) is 9.97 Å². The van der Waals surface area contributed by atoms with Gasteiger partial charge in [0.15, 0.2) is 0 Å². The van der Waals surface area contributed by atoms with Crippen molar-refractivity contribution in [2.24, 2.45) is 0 Å². The van der Waals surface area contributed by atoms with Gasteiger partial charge in [-0.2, -0.15) is 0 Å². The first kappa shape index (κ1) is 13.9. The van der Waals surface area contributed by atoms with E-state index in [4.69, 9.17) is 11.6 Å². The van der Waals surface area contributed by atoms with Crippen LogP contribution in [0.1, 0.15) is 6.92 Å². The van der Waals surface area contributed by atoms with Crippen LogP contribution in [0.2, 0.25) is 5.15 Å². The molecule has 0 aromatic carbocycles. The Morgan fingerprint density at radius 1 is 1.14 bits per heavy atom. The van der Waals surface area contributed by atoms with Crippen LogP contribution in [0.25, 0.3) is 21.7 Å². The van der Waals surface area contributed by atoms with E-state index in [1.807, 2.05) is 31.2 Å². The van der Waals surface area contributed by atoms with Gasteiger partial charge in [0.25, 0.3) is 0 Å². The molecule has 3 aromatic rings. The summed E-state index contributed by atoms with van der Waals surface area (Å²) >= 11 is 7.48. The van der Waals surface area contributed by atoms with E-state index in [0.29, 0.717) is 5.15 Å². The van der Waals surface area contributed by atoms with Gasteiger partial charge < -0.3 is 5.32 Å². The second-order valence-electron chi connectivity index (χ2n) is 4.22. The minimum Gasteiger partial charge on any atom is -0.370 e. The summed E-state index contributed by atoms with van der Waals surface area (Å²) in [4.78, 5) is 9.36. The normalized spacial score (nSPS) is 10.6. The van der Waals surface area contributed by atoms with Gasteiger partial charge in [-0.3, -0.25) is 0 Å². The number of halogens is 1. The molecular formula is C14H12ClN5S. The third kappa shape index (κ3) is 2.72. The Balaban J connectivity index is 2.14. The highest BCUT2D eigenvalue weighted by molar-refractivity contribution is 7.10. The highest BCUT2D eigenvalue weighted by Gasteiger charge is 2.18. The Labute approximate surface area is 131 Å². The van der Waals surface area contributed by atoms with Crippen LogP contribution >= 0.6 is 23.1 Å².